The predicted octanol–water partition coefficient (Wildman–Crippen LogP) is 4.28. The van der Waals surface area contributed by atoms with Crippen LogP contribution >= 0.6 is 0 Å². The first-order valence-corrected chi connectivity index (χ1v) is 13.6. The minimum absolute atomic E-state index is 0.104. The zero-order valence-electron chi connectivity index (χ0n) is 22.1. The van der Waals surface area contributed by atoms with Gasteiger partial charge in [-0.2, -0.15) is 0 Å². The van der Waals surface area contributed by atoms with E-state index in [0.29, 0.717) is 37.8 Å². The maximum Gasteiger partial charge on any atom is 0.410 e. The first kappa shape index (κ1) is 25.7. The van der Waals surface area contributed by atoms with Gasteiger partial charge in [0.05, 0.1) is 30.6 Å². The molecule has 37 heavy (non-hydrogen) atoms. The summed E-state index contributed by atoms with van der Waals surface area (Å²) in [7, 11) is 0. The molecule has 3 atom stereocenters. The summed E-state index contributed by atoms with van der Waals surface area (Å²) >= 11 is 0. The number of hydrogen-bond donors (Lipinski definition) is 1. The summed E-state index contributed by atoms with van der Waals surface area (Å²) in [6.45, 7) is 7.87. The summed E-state index contributed by atoms with van der Waals surface area (Å²) in [6, 6.07) is 7.63. The van der Waals surface area contributed by atoms with Gasteiger partial charge in [-0.05, 0) is 63.6 Å². The number of halogens is 1. The molecule has 1 aromatic heterocycles. The van der Waals surface area contributed by atoms with Crippen LogP contribution in [0.2, 0.25) is 0 Å². The molecule has 2 aromatic rings. The third kappa shape index (κ3) is 5.37. The molecule has 5 rings (SSSR count). The maximum atomic E-state index is 13.9. The minimum Gasteiger partial charge on any atom is -0.450 e. The average Bonchev–Trinajstić information content (AvgIpc) is 3.31. The Kier molecular flexibility index (Phi) is 7.51. The van der Waals surface area contributed by atoms with E-state index in [2.05, 4.69) is 21.7 Å². The minimum atomic E-state index is -0.283. The van der Waals surface area contributed by atoms with Gasteiger partial charge in [-0.25, -0.2) is 14.2 Å². The monoisotopic (exact) mass is 511 g/mol. The molecule has 4 heterocycles. The standard InChI is InChI=1S/C28H38FN5O3/c1-4-37-28(36)32-12-10-26-27(17-32)34(18(2)30-26)24-15-22-8-9-23(16-24)33(22)13-11-25(31-19(3)35)20-6-5-7-21(29)14-20/h5-7,14,22-25H,4,8-13,15-17H2,1-3H3,(H,31,35)/t22?,23?,24?,25-/m0/s1. The smallest absolute Gasteiger partial charge is 0.410 e. The Morgan fingerprint density at radius 2 is 1.97 bits per heavy atom. The Hall–Kier alpha value is -2.94. The van der Waals surface area contributed by atoms with Crippen LogP contribution in [0.5, 0.6) is 0 Å². The molecular weight excluding hydrogens is 473 g/mol. The molecule has 3 aliphatic heterocycles. The highest BCUT2D eigenvalue weighted by Gasteiger charge is 2.42. The van der Waals surface area contributed by atoms with E-state index in [9.17, 15) is 14.0 Å². The number of amides is 2. The van der Waals surface area contributed by atoms with Gasteiger partial charge in [0.1, 0.15) is 11.6 Å². The van der Waals surface area contributed by atoms with Crippen LogP contribution in [-0.2, 0) is 22.5 Å². The van der Waals surface area contributed by atoms with Crippen molar-refractivity contribution in [3.8, 4) is 0 Å². The first-order chi connectivity index (χ1) is 17.8. The molecule has 0 spiro atoms. The number of nitrogens with one attached hydrogen (secondary N) is 1. The number of imidazole rings is 1. The van der Waals surface area contributed by atoms with Gasteiger partial charge >= 0.3 is 6.09 Å². The Bertz CT molecular complexity index is 1140. The fraction of sp³-hybridized carbons (Fsp3) is 0.607. The highest BCUT2D eigenvalue weighted by molar-refractivity contribution is 5.73. The van der Waals surface area contributed by atoms with Gasteiger partial charge in [-0.1, -0.05) is 12.1 Å². The van der Waals surface area contributed by atoms with Crippen LogP contribution in [0.15, 0.2) is 24.3 Å². The highest BCUT2D eigenvalue weighted by Crippen LogP contribution is 2.43. The molecule has 2 amide bonds. The van der Waals surface area contributed by atoms with Crippen LogP contribution in [0.1, 0.15) is 80.8 Å². The van der Waals surface area contributed by atoms with Crippen LogP contribution < -0.4 is 5.32 Å². The van der Waals surface area contributed by atoms with Crippen molar-refractivity contribution in [3.05, 3.63) is 52.9 Å². The van der Waals surface area contributed by atoms with Crippen molar-refractivity contribution in [2.75, 3.05) is 19.7 Å². The van der Waals surface area contributed by atoms with Crippen molar-refractivity contribution in [2.45, 2.75) is 90.0 Å². The van der Waals surface area contributed by atoms with E-state index in [4.69, 9.17) is 9.72 Å². The maximum absolute atomic E-state index is 13.9. The molecule has 3 aliphatic rings. The number of hydrogen-bond acceptors (Lipinski definition) is 5. The topological polar surface area (TPSA) is 79.7 Å². The van der Waals surface area contributed by atoms with Gasteiger partial charge in [-0.3, -0.25) is 9.69 Å². The largest absolute Gasteiger partial charge is 0.450 e. The van der Waals surface area contributed by atoms with Gasteiger partial charge in [0.25, 0.3) is 0 Å². The Labute approximate surface area is 218 Å². The normalized spacial score (nSPS) is 24.0. The third-order valence-electron chi connectivity index (χ3n) is 8.28. The van der Waals surface area contributed by atoms with E-state index in [0.717, 1.165) is 67.8 Å². The van der Waals surface area contributed by atoms with Crippen molar-refractivity contribution < 1.29 is 18.7 Å². The number of aryl methyl sites for hydroxylation is 1. The molecule has 9 heteroatoms. The molecule has 2 saturated heterocycles. The van der Waals surface area contributed by atoms with E-state index >= 15 is 0 Å². The van der Waals surface area contributed by atoms with Gasteiger partial charge in [0, 0.05) is 44.6 Å². The summed E-state index contributed by atoms with van der Waals surface area (Å²) in [6.07, 6.45) is 5.68. The zero-order chi connectivity index (χ0) is 26.1. The van der Waals surface area contributed by atoms with Gasteiger partial charge in [-0.15, -0.1) is 0 Å². The molecule has 1 N–H and O–H groups in total. The molecular formula is C28H38FN5O3. The fourth-order valence-corrected chi connectivity index (χ4v) is 6.76. The molecule has 8 nitrogen and oxygen atoms in total. The molecule has 200 valence electrons. The fourth-order valence-electron chi connectivity index (χ4n) is 6.76. The Morgan fingerprint density at radius 3 is 2.65 bits per heavy atom. The van der Waals surface area contributed by atoms with Crippen molar-refractivity contribution in [3.63, 3.8) is 0 Å². The Balaban J connectivity index is 1.28. The second-order valence-corrected chi connectivity index (χ2v) is 10.6. The average molecular weight is 512 g/mol. The summed E-state index contributed by atoms with van der Waals surface area (Å²) in [5, 5.41) is 3.02. The lowest BCUT2D eigenvalue weighted by Gasteiger charge is -2.41. The van der Waals surface area contributed by atoms with Gasteiger partial charge < -0.3 is 19.5 Å². The van der Waals surface area contributed by atoms with Crippen molar-refractivity contribution in [2.24, 2.45) is 0 Å². The molecule has 1 aromatic carbocycles. The van der Waals surface area contributed by atoms with E-state index < -0.39 is 0 Å². The third-order valence-corrected chi connectivity index (χ3v) is 8.28. The molecule has 2 unspecified atom stereocenters. The van der Waals surface area contributed by atoms with Crippen molar-refractivity contribution >= 4 is 12.0 Å². The van der Waals surface area contributed by atoms with Crippen LogP contribution in [0.25, 0.3) is 0 Å². The number of benzene rings is 1. The quantitative estimate of drug-likeness (QED) is 0.600. The Morgan fingerprint density at radius 1 is 1.22 bits per heavy atom. The predicted molar refractivity (Wildman–Crippen MR) is 137 cm³/mol. The van der Waals surface area contributed by atoms with Crippen molar-refractivity contribution in [1.29, 1.82) is 0 Å². The van der Waals surface area contributed by atoms with E-state index in [-0.39, 0.29) is 23.9 Å². The molecule has 0 radical (unpaired) electrons. The van der Waals surface area contributed by atoms with Crippen LogP contribution in [0.4, 0.5) is 9.18 Å². The molecule has 0 aliphatic carbocycles. The number of fused-ring (bicyclic) bond motifs is 3. The lowest BCUT2D eigenvalue weighted by Crippen LogP contribution is -2.45. The van der Waals surface area contributed by atoms with Gasteiger partial charge in [0.2, 0.25) is 5.91 Å². The van der Waals surface area contributed by atoms with Crippen LogP contribution in [0.3, 0.4) is 0 Å². The van der Waals surface area contributed by atoms with Crippen LogP contribution in [-0.4, -0.2) is 63.1 Å². The van der Waals surface area contributed by atoms with E-state index in [1.54, 1.807) is 11.0 Å². The van der Waals surface area contributed by atoms with E-state index in [1.807, 2.05) is 13.0 Å². The first-order valence-electron chi connectivity index (χ1n) is 13.6. The number of carbonyl (C=O) groups excluding carboxylic acids is 2. The summed E-state index contributed by atoms with van der Waals surface area (Å²) in [4.78, 5) is 33.5. The number of rotatable bonds is 7. The number of nitrogens with zero attached hydrogens (tertiary/aromatic N) is 4. The van der Waals surface area contributed by atoms with Crippen molar-refractivity contribution in [1.82, 2.24) is 24.7 Å². The van der Waals surface area contributed by atoms with E-state index in [1.165, 1.54) is 19.1 Å². The lowest BCUT2D eigenvalue weighted by atomic mass is 9.95. The summed E-state index contributed by atoms with van der Waals surface area (Å²) in [5.41, 5.74) is 3.08. The second kappa shape index (κ2) is 10.8. The summed E-state index contributed by atoms with van der Waals surface area (Å²) < 4.78 is 21.5. The second-order valence-electron chi connectivity index (χ2n) is 10.6. The van der Waals surface area contributed by atoms with Crippen LogP contribution in [0, 0.1) is 12.7 Å². The number of ether oxygens (including phenoxy) is 1. The van der Waals surface area contributed by atoms with Gasteiger partial charge in [0.15, 0.2) is 0 Å². The molecule has 2 bridgehead atoms. The zero-order valence-corrected chi connectivity index (χ0v) is 22.1. The lowest BCUT2D eigenvalue weighted by molar-refractivity contribution is -0.119. The highest BCUT2D eigenvalue weighted by atomic mass is 19.1. The summed E-state index contributed by atoms with van der Waals surface area (Å²) in [5.74, 6) is 0.646. The number of piperidine rings is 1. The molecule has 0 saturated carbocycles. The number of carbonyl (C=O) groups is 2. The molecule has 2 fully saturated rings. The number of aromatic nitrogens is 2. The SMILES string of the molecule is CCOC(=O)N1CCc2nc(C)n(C3CC4CCC(C3)N4CC[C@H](NC(C)=O)c3cccc(F)c3)c2C1.